The largest absolute Gasteiger partial charge is 0.326 e. The Hall–Kier alpha value is -2.89. The number of carbonyl (C=O) groups excluding carboxylic acids is 1. The first-order chi connectivity index (χ1) is 11.1. The molecule has 6 heteroatoms. The van der Waals surface area contributed by atoms with Crippen molar-refractivity contribution in [3.63, 3.8) is 0 Å². The molecule has 118 valence electrons. The third-order valence-corrected chi connectivity index (χ3v) is 3.65. The van der Waals surface area contributed by atoms with E-state index >= 15 is 0 Å². The van der Waals surface area contributed by atoms with Crippen LogP contribution in [0.4, 0.5) is 5.69 Å². The molecule has 0 fully saturated rings. The van der Waals surface area contributed by atoms with Gasteiger partial charge in [0.05, 0.1) is 6.20 Å². The quantitative estimate of drug-likeness (QED) is 0.787. The fourth-order valence-electron chi connectivity index (χ4n) is 2.44. The summed E-state index contributed by atoms with van der Waals surface area (Å²) in [6.45, 7) is 1.95. The molecule has 2 heterocycles. The van der Waals surface area contributed by atoms with Crippen molar-refractivity contribution in [3.05, 3.63) is 60.4 Å². The number of hydrogen-bond donors (Lipinski definition) is 1. The summed E-state index contributed by atoms with van der Waals surface area (Å²) in [6, 6.07) is 7.73. The minimum Gasteiger partial charge on any atom is -0.326 e. The number of amides is 1. The van der Waals surface area contributed by atoms with Crippen LogP contribution >= 0.6 is 0 Å². The van der Waals surface area contributed by atoms with Gasteiger partial charge in [0.1, 0.15) is 5.82 Å². The van der Waals surface area contributed by atoms with Crippen LogP contribution < -0.4 is 5.32 Å². The van der Waals surface area contributed by atoms with Gasteiger partial charge < -0.3 is 9.88 Å². The second kappa shape index (κ2) is 6.48. The number of imidazole rings is 1. The Balaban J connectivity index is 1.57. The van der Waals surface area contributed by atoms with Crippen molar-refractivity contribution in [1.29, 1.82) is 0 Å². The lowest BCUT2D eigenvalue weighted by Crippen LogP contribution is -2.12. The Morgan fingerprint density at radius 3 is 2.65 bits per heavy atom. The van der Waals surface area contributed by atoms with Crippen molar-refractivity contribution in [2.24, 2.45) is 7.05 Å². The van der Waals surface area contributed by atoms with Gasteiger partial charge in [-0.15, -0.1) is 0 Å². The summed E-state index contributed by atoms with van der Waals surface area (Å²) in [5.41, 5.74) is 2.88. The highest BCUT2D eigenvalue weighted by molar-refractivity contribution is 5.90. The maximum Gasteiger partial charge on any atom is 0.224 e. The number of aromatic nitrogens is 4. The molecule has 0 saturated carbocycles. The predicted octanol–water partition coefficient (Wildman–Crippen LogP) is 2.49. The van der Waals surface area contributed by atoms with Gasteiger partial charge >= 0.3 is 0 Å². The summed E-state index contributed by atoms with van der Waals surface area (Å²) in [6.07, 6.45) is 8.52. The van der Waals surface area contributed by atoms with E-state index in [-0.39, 0.29) is 5.91 Å². The zero-order valence-electron chi connectivity index (χ0n) is 13.2. The molecular weight excluding hydrogens is 290 g/mol. The molecule has 3 aromatic rings. The first-order valence-electron chi connectivity index (χ1n) is 7.49. The summed E-state index contributed by atoms with van der Waals surface area (Å²) in [4.78, 5) is 16.2. The Morgan fingerprint density at radius 1 is 1.26 bits per heavy atom. The molecule has 0 spiro atoms. The molecule has 6 nitrogen and oxygen atoms in total. The third kappa shape index (κ3) is 3.66. The molecule has 0 saturated heterocycles. The molecule has 3 rings (SSSR count). The first kappa shape index (κ1) is 15.0. The molecule has 23 heavy (non-hydrogen) atoms. The Labute approximate surface area is 134 Å². The van der Waals surface area contributed by atoms with E-state index in [0.717, 1.165) is 22.8 Å². The number of nitrogens with one attached hydrogen (secondary N) is 1. The molecule has 0 radical (unpaired) electrons. The van der Waals surface area contributed by atoms with Crippen LogP contribution in [-0.2, 0) is 18.3 Å². The topological polar surface area (TPSA) is 64.7 Å². The minimum absolute atomic E-state index is 0.000384. The van der Waals surface area contributed by atoms with Crippen molar-refractivity contribution in [2.75, 3.05) is 5.32 Å². The average molecular weight is 309 g/mol. The van der Waals surface area contributed by atoms with E-state index in [9.17, 15) is 4.79 Å². The SMILES string of the molecule is Cc1nccn1-c1ccc(NC(=O)CCc2cnn(C)c2)cc1. The Kier molecular flexibility index (Phi) is 4.23. The molecule has 0 aliphatic rings. The summed E-state index contributed by atoms with van der Waals surface area (Å²) in [5.74, 6) is 0.929. The second-order valence-corrected chi connectivity index (χ2v) is 5.46. The zero-order chi connectivity index (χ0) is 16.2. The number of rotatable bonds is 5. The van der Waals surface area contributed by atoms with E-state index in [0.29, 0.717) is 12.8 Å². The Bertz CT molecular complexity index is 801. The van der Waals surface area contributed by atoms with Crippen LogP contribution in [0.25, 0.3) is 5.69 Å². The van der Waals surface area contributed by atoms with E-state index in [2.05, 4.69) is 15.4 Å². The van der Waals surface area contributed by atoms with Gasteiger partial charge in [0.25, 0.3) is 0 Å². The molecule has 0 aliphatic carbocycles. The molecule has 0 aliphatic heterocycles. The van der Waals surface area contributed by atoms with Crippen molar-refractivity contribution < 1.29 is 4.79 Å². The summed E-state index contributed by atoms with van der Waals surface area (Å²) >= 11 is 0. The summed E-state index contributed by atoms with van der Waals surface area (Å²) < 4.78 is 3.73. The number of nitrogens with zero attached hydrogens (tertiary/aromatic N) is 4. The van der Waals surface area contributed by atoms with Crippen LogP contribution in [0.15, 0.2) is 49.1 Å². The van der Waals surface area contributed by atoms with Crippen LogP contribution in [0.3, 0.4) is 0 Å². The molecule has 1 N–H and O–H groups in total. The smallest absolute Gasteiger partial charge is 0.224 e. The van der Waals surface area contributed by atoms with Crippen LogP contribution in [0, 0.1) is 6.92 Å². The van der Waals surface area contributed by atoms with Gasteiger partial charge in [-0.1, -0.05) is 0 Å². The van der Waals surface area contributed by atoms with Crippen LogP contribution in [-0.4, -0.2) is 25.2 Å². The maximum atomic E-state index is 12.0. The highest BCUT2D eigenvalue weighted by Gasteiger charge is 2.05. The van der Waals surface area contributed by atoms with Gasteiger partial charge in [-0.2, -0.15) is 5.10 Å². The number of anilines is 1. The van der Waals surface area contributed by atoms with Gasteiger partial charge in [0.15, 0.2) is 0 Å². The fraction of sp³-hybridized carbons (Fsp3) is 0.235. The third-order valence-electron chi connectivity index (χ3n) is 3.65. The van der Waals surface area contributed by atoms with Crippen LogP contribution in [0.5, 0.6) is 0 Å². The van der Waals surface area contributed by atoms with Crippen LogP contribution in [0.1, 0.15) is 17.8 Å². The van der Waals surface area contributed by atoms with Crippen molar-refractivity contribution in [3.8, 4) is 5.69 Å². The lowest BCUT2D eigenvalue weighted by atomic mass is 10.2. The molecule has 0 atom stereocenters. The van der Waals surface area contributed by atoms with Gasteiger partial charge in [0.2, 0.25) is 5.91 Å². The first-order valence-corrected chi connectivity index (χ1v) is 7.49. The predicted molar refractivity (Wildman–Crippen MR) is 88.5 cm³/mol. The van der Waals surface area contributed by atoms with E-state index < -0.39 is 0 Å². The molecule has 2 aromatic heterocycles. The standard InChI is InChI=1S/C17H19N5O/c1-13-18-9-10-22(13)16-6-4-15(5-7-16)20-17(23)8-3-14-11-19-21(2)12-14/h4-7,9-12H,3,8H2,1-2H3,(H,20,23). The molecule has 0 bridgehead atoms. The van der Waals surface area contributed by atoms with E-state index in [1.165, 1.54) is 0 Å². The van der Waals surface area contributed by atoms with Crippen molar-refractivity contribution >= 4 is 11.6 Å². The van der Waals surface area contributed by atoms with E-state index in [1.54, 1.807) is 17.1 Å². The number of aryl methyl sites for hydroxylation is 3. The van der Waals surface area contributed by atoms with Crippen LogP contribution in [0.2, 0.25) is 0 Å². The number of benzene rings is 1. The normalized spacial score (nSPS) is 10.7. The maximum absolute atomic E-state index is 12.0. The molecule has 1 aromatic carbocycles. The van der Waals surface area contributed by atoms with Gasteiger partial charge in [-0.25, -0.2) is 4.98 Å². The average Bonchev–Trinajstić information content (AvgIpc) is 3.14. The second-order valence-electron chi connectivity index (χ2n) is 5.46. The lowest BCUT2D eigenvalue weighted by Gasteiger charge is -2.08. The monoisotopic (exact) mass is 309 g/mol. The molecule has 0 unspecified atom stereocenters. The summed E-state index contributed by atoms with van der Waals surface area (Å²) in [5, 5.41) is 7.01. The fourth-order valence-corrected chi connectivity index (χ4v) is 2.44. The highest BCUT2D eigenvalue weighted by atomic mass is 16.1. The zero-order valence-corrected chi connectivity index (χ0v) is 13.2. The minimum atomic E-state index is 0.000384. The molecular formula is C17H19N5O. The summed E-state index contributed by atoms with van der Waals surface area (Å²) in [7, 11) is 1.87. The Morgan fingerprint density at radius 2 is 2.04 bits per heavy atom. The van der Waals surface area contributed by atoms with Crippen molar-refractivity contribution in [1.82, 2.24) is 19.3 Å². The van der Waals surface area contributed by atoms with Gasteiger partial charge in [-0.3, -0.25) is 9.48 Å². The number of hydrogen-bond acceptors (Lipinski definition) is 3. The van der Waals surface area contributed by atoms with E-state index in [1.807, 2.05) is 55.2 Å². The highest BCUT2D eigenvalue weighted by Crippen LogP contribution is 2.15. The number of carbonyl (C=O) groups is 1. The van der Waals surface area contributed by atoms with E-state index in [4.69, 9.17) is 0 Å². The van der Waals surface area contributed by atoms with Gasteiger partial charge in [-0.05, 0) is 43.2 Å². The van der Waals surface area contributed by atoms with Gasteiger partial charge in [0, 0.05) is 43.4 Å². The van der Waals surface area contributed by atoms with Crippen molar-refractivity contribution in [2.45, 2.75) is 19.8 Å². The lowest BCUT2D eigenvalue weighted by molar-refractivity contribution is -0.116. The molecule has 1 amide bonds.